The zero-order valence-electron chi connectivity index (χ0n) is 11.7. The smallest absolute Gasteiger partial charge is 0.0294 e. The predicted molar refractivity (Wildman–Crippen MR) is 76.8 cm³/mol. The second kappa shape index (κ2) is 5.05. The molecule has 2 aliphatic rings. The average molecular weight is 243 g/mol. The molecule has 0 heterocycles. The van der Waals surface area contributed by atoms with Crippen molar-refractivity contribution in [2.75, 3.05) is 0 Å². The summed E-state index contributed by atoms with van der Waals surface area (Å²) in [6, 6.07) is 8.38. The third-order valence-corrected chi connectivity index (χ3v) is 4.80. The summed E-state index contributed by atoms with van der Waals surface area (Å²) < 4.78 is 0. The fraction of sp³-hybridized carbons (Fsp3) is 0.647. The SMILES string of the molecule is CC1CCC(NC(C)c2ccc3c(c2)CCC3)C1. The van der Waals surface area contributed by atoms with Gasteiger partial charge in [0.1, 0.15) is 0 Å². The molecular weight excluding hydrogens is 218 g/mol. The molecule has 0 bridgehead atoms. The first-order valence-corrected chi connectivity index (χ1v) is 7.60. The molecule has 1 nitrogen and oxygen atoms in total. The Labute approximate surface area is 111 Å². The summed E-state index contributed by atoms with van der Waals surface area (Å²) in [4.78, 5) is 0. The summed E-state index contributed by atoms with van der Waals surface area (Å²) in [7, 11) is 0. The van der Waals surface area contributed by atoms with Crippen molar-refractivity contribution in [1.82, 2.24) is 5.32 Å². The standard InChI is InChI=1S/C17H25N/c1-12-6-9-17(10-12)18-13(2)15-8-7-14-4-3-5-16(14)11-15/h7-8,11-13,17-18H,3-6,9-10H2,1-2H3. The molecule has 3 rings (SSSR count). The van der Waals surface area contributed by atoms with E-state index in [1.807, 2.05) is 0 Å². The Bertz CT molecular complexity index is 424. The number of hydrogen-bond donors (Lipinski definition) is 1. The minimum Gasteiger partial charge on any atom is -0.307 e. The van der Waals surface area contributed by atoms with E-state index in [1.54, 1.807) is 11.1 Å². The van der Waals surface area contributed by atoms with Crippen molar-refractivity contribution in [2.24, 2.45) is 5.92 Å². The van der Waals surface area contributed by atoms with Gasteiger partial charge in [0.05, 0.1) is 0 Å². The molecule has 0 radical (unpaired) electrons. The first kappa shape index (κ1) is 12.2. The molecule has 1 N–H and O–H groups in total. The number of rotatable bonds is 3. The van der Waals surface area contributed by atoms with Crippen LogP contribution in [0.1, 0.15) is 62.3 Å². The Kier molecular flexibility index (Phi) is 3.43. The van der Waals surface area contributed by atoms with Crippen LogP contribution >= 0.6 is 0 Å². The Morgan fingerprint density at radius 3 is 2.78 bits per heavy atom. The lowest BCUT2D eigenvalue weighted by Gasteiger charge is -2.20. The van der Waals surface area contributed by atoms with Crippen molar-refractivity contribution in [3.63, 3.8) is 0 Å². The van der Waals surface area contributed by atoms with E-state index in [2.05, 4.69) is 37.4 Å². The van der Waals surface area contributed by atoms with E-state index in [1.165, 1.54) is 44.1 Å². The van der Waals surface area contributed by atoms with Crippen LogP contribution in [-0.4, -0.2) is 6.04 Å². The van der Waals surface area contributed by atoms with Crippen LogP contribution in [0.15, 0.2) is 18.2 Å². The molecule has 3 unspecified atom stereocenters. The predicted octanol–water partition coefficient (Wildman–Crippen LogP) is 4.01. The normalized spacial score (nSPS) is 28.3. The molecule has 1 saturated carbocycles. The summed E-state index contributed by atoms with van der Waals surface area (Å²) in [5.74, 6) is 0.912. The molecule has 3 atom stereocenters. The van der Waals surface area contributed by atoms with E-state index >= 15 is 0 Å². The van der Waals surface area contributed by atoms with Crippen LogP contribution in [0, 0.1) is 5.92 Å². The van der Waals surface area contributed by atoms with Gasteiger partial charge in [-0.3, -0.25) is 0 Å². The van der Waals surface area contributed by atoms with E-state index in [0.717, 1.165) is 12.0 Å². The lowest BCUT2D eigenvalue weighted by Crippen LogP contribution is -2.29. The molecule has 1 aromatic rings. The van der Waals surface area contributed by atoms with Crippen molar-refractivity contribution in [3.05, 3.63) is 34.9 Å². The molecule has 0 aliphatic heterocycles. The molecule has 2 aliphatic carbocycles. The van der Waals surface area contributed by atoms with Crippen LogP contribution in [0.2, 0.25) is 0 Å². The van der Waals surface area contributed by atoms with Crippen molar-refractivity contribution < 1.29 is 0 Å². The Balaban J connectivity index is 1.67. The van der Waals surface area contributed by atoms with Crippen LogP contribution in [0.5, 0.6) is 0 Å². The molecule has 18 heavy (non-hydrogen) atoms. The fourth-order valence-corrected chi connectivity index (χ4v) is 3.67. The summed E-state index contributed by atoms with van der Waals surface area (Å²) in [6.45, 7) is 4.70. The van der Waals surface area contributed by atoms with E-state index in [-0.39, 0.29) is 0 Å². The average Bonchev–Trinajstić information content (AvgIpc) is 2.96. The van der Waals surface area contributed by atoms with Gasteiger partial charge in [0, 0.05) is 12.1 Å². The molecule has 0 amide bonds. The highest BCUT2D eigenvalue weighted by atomic mass is 14.9. The van der Waals surface area contributed by atoms with E-state index in [4.69, 9.17) is 0 Å². The van der Waals surface area contributed by atoms with E-state index in [9.17, 15) is 0 Å². The lowest BCUT2D eigenvalue weighted by atomic mass is 10.0. The maximum Gasteiger partial charge on any atom is 0.0294 e. The van der Waals surface area contributed by atoms with Crippen LogP contribution in [0.3, 0.4) is 0 Å². The van der Waals surface area contributed by atoms with Gasteiger partial charge in [-0.15, -0.1) is 0 Å². The first-order valence-electron chi connectivity index (χ1n) is 7.60. The molecule has 98 valence electrons. The van der Waals surface area contributed by atoms with Gasteiger partial charge in [-0.05, 0) is 68.1 Å². The Morgan fingerprint density at radius 1 is 1.17 bits per heavy atom. The highest BCUT2D eigenvalue weighted by molar-refractivity contribution is 5.36. The minimum absolute atomic E-state index is 0.506. The quantitative estimate of drug-likeness (QED) is 0.845. The zero-order chi connectivity index (χ0) is 12.5. The van der Waals surface area contributed by atoms with Gasteiger partial charge < -0.3 is 5.32 Å². The van der Waals surface area contributed by atoms with E-state index < -0.39 is 0 Å². The molecule has 0 aromatic heterocycles. The van der Waals surface area contributed by atoms with Crippen molar-refractivity contribution in [2.45, 2.75) is 64.5 Å². The monoisotopic (exact) mass is 243 g/mol. The topological polar surface area (TPSA) is 12.0 Å². The largest absolute Gasteiger partial charge is 0.307 e. The zero-order valence-corrected chi connectivity index (χ0v) is 11.7. The number of fused-ring (bicyclic) bond motifs is 1. The lowest BCUT2D eigenvalue weighted by molar-refractivity contribution is 0.449. The second-order valence-corrected chi connectivity index (χ2v) is 6.39. The van der Waals surface area contributed by atoms with Crippen molar-refractivity contribution in [3.8, 4) is 0 Å². The minimum atomic E-state index is 0.506. The van der Waals surface area contributed by atoms with Crippen LogP contribution in [0.4, 0.5) is 0 Å². The Morgan fingerprint density at radius 2 is 2.00 bits per heavy atom. The molecule has 1 aromatic carbocycles. The van der Waals surface area contributed by atoms with Crippen molar-refractivity contribution >= 4 is 0 Å². The van der Waals surface area contributed by atoms with Gasteiger partial charge in [0.2, 0.25) is 0 Å². The molecular formula is C17H25N. The molecule has 0 spiro atoms. The third-order valence-electron chi connectivity index (χ3n) is 4.80. The fourth-order valence-electron chi connectivity index (χ4n) is 3.67. The molecule has 0 saturated heterocycles. The highest BCUT2D eigenvalue weighted by Crippen LogP contribution is 2.29. The summed E-state index contributed by atoms with van der Waals surface area (Å²) in [5.41, 5.74) is 4.66. The van der Waals surface area contributed by atoms with Gasteiger partial charge >= 0.3 is 0 Å². The summed E-state index contributed by atoms with van der Waals surface area (Å²) >= 11 is 0. The maximum atomic E-state index is 3.82. The highest BCUT2D eigenvalue weighted by Gasteiger charge is 2.23. The Hall–Kier alpha value is -0.820. The number of benzene rings is 1. The summed E-state index contributed by atoms with van der Waals surface area (Å²) in [6.07, 6.45) is 8.04. The van der Waals surface area contributed by atoms with Gasteiger partial charge in [0.25, 0.3) is 0 Å². The van der Waals surface area contributed by atoms with E-state index in [0.29, 0.717) is 6.04 Å². The third kappa shape index (κ3) is 2.47. The van der Waals surface area contributed by atoms with Crippen molar-refractivity contribution in [1.29, 1.82) is 0 Å². The molecule has 1 heteroatoms. The van der Waals surface area contributed by atoms with Gasteiger partial charge in [0.15, 0.2) is 0 Å². The van der Waals surface area contributed by atoms with Crippen LogP contribution in [-0.2, 0) is 12.8 Å². The number of aryl methyl sites for hydroxylation is 2. The first-order chi connectivity index (χ1) is 8.72. The van der Waals surface area contributed by atoms with Gasteiger partial charge in [-0.2, -0.15) is 0 Å². The second-order valence-electron chi connectivity index (χ2n) is 6.39. The number of hydrogen-bond acceptors (Lipinski definition) is 1. The van der Waals surface area contributed by atoms with Crippen LogP contribution in [0.25, 0.3) is 0 Å². The number of nitrogens with one attached hydrogen (secondary N) is 1. The molecule has 1 fully saturated rings. The maximum absolute atomic E-state index is 3.82. The summed E-state index contributed by atoms with van der Waals surface area (Å²) in [5, 5.41) is 3.82. The van der Waals surface area contributed by atoms with Gasteiger partial charge in [-0.1, -0.05) is 25.1 Å². The van der Waals surface area contributed by atoms with Crippen LogP contribution < -0.4 is 5.32 Å². The van der Waals surface area contributed by atoms with Gasteiger partial charge in [-0.25, -0.2) is 0 Å².